The highest BCUT2D eigenvalue weighted by Crippen LogP contribution is 2.22. The molecule has 0 aliphatic carbocycles. The van der Waals surface area contributed by atoms with Gasteiger partial charge < -0.3 is 20.8 Å². The summed E-state index contributed by atoms with van der Waals surface area (Å²) in [6.07, 6.45) is 0. The molecule has 8 nitrogen and oxygen atoms in total. The van der Waals surface area contributed by atoms with Crippen molar-refractivity contribution in [2.24, 2.45) is 0 Å². The lowest BCUT2D eigenvalue weighted by Gasteiger charge is -2.07. The van der Waals surface area contributed by atoms with E-state index in [1.807, 2.05) is 0 Å². The first kappa shape index (κ1) is 19.8. The molecular formula is C20H14N2O6S. The Labute approximate surface area is 168 Å². The maximum atomic E-state index is 12.4. The highest BCUT2D eigenvalue weighted by Gasteiger charge is 2.18. The average Bonchev–Trinajstić information content (AvgIpc) is 3.19. The van der Waals surface area contributed by atoms with Gasteiger partial charge in [-0.15, -0.1) is 11.3 Å². The number of nitrogens with one attached hydrogen (secondary N) is 2. The molecular weight excluding hydrogens is 396 g/mol. The lowest BCUT2D eigenvalue weighted by molar-refractivity contribution is 0.0687. The van der Waals surface area contributed by atoms with Gasteiger partial charge in [-0.05, 0) is 36.4 Å². The predicted octanol–water partition coefficient (Wildman–Crippen LogP) is 3.65. The van der Waals surface area contributed by atoms with E-state index in [0.717, 1.165) is 11.3 Å². The molecule has 0 unspecified atom stereocenters. The lowest BCUT2D eigenvalue weighted by Crippen LogP contribution is -2.14. The monoisotopic (exact) mass is 410 g/mol. The van der Waals surface area contributed by atoms with E-state index in [4.69, 9.17) is 0 Å². The predicted molar refractivity (Wildman–Crippen MR) is 107 cm³/mol. The van der Waals surface area contributed by atoms with Crippen LogP contribution in [0.2, 0.25) is 0 Å². The standard InChI is InChI=1S/C20H14N2O6S/c23-17(21-13-7-3-1-5-11(13)19(25)26)15-9-10-16(29-15)18(24)22-14-8-4-2-6-12(14)20(27)28/h1-10H,(H,21,23)(H,22,24)(H,25,26)(H,27,28). The summed E-state index contributed by atoms with van der Waals surface area (Å²) in [4.78, 5) is 47.7. The summed E-state index contributed by atoms with van der Waals surface area (Å²) in [5.74, 6) is -3.48. The van der Waals surface area contributed by atoms with Crippen molar-refractivity contribution in [2.45, 2.75) is 0 Å². The SMILES string of the molecule is O=C(Nc1ccccc1C(=O)O)c1ccc(C(=O)Nc2ccccc2C(=O)O)s1. The zero-order valence-corrected chi connectivity index (χ0v) is 15.5. The quantitative estimate of drug-likeness (QED) is 0.490. The number of carbonyl (C=O) groups is 4. The van der Waals surface area contributed by atoms with Crippen molar-refractivity contribution in [3.05, 3.63) is 81.5 Å². The summed E-state index contributed by atoms with van der Waals surface area (Å²) >= 11 is 0.897. The molecule has 2 amide bonds. The fourth-order valence-corrected chi connectivity index (χ4v) is 3.30. The molecule has 0 bridgehead atoms. The van der Waals surface area contributed by atoms with Crippen molar-refractivity contribution < 1.29 is 29.4 Å². The van der Waals surface area contributed by atoms with Crippen LogP contribution in [0.4, 0.5) is 11.4 Å². The molecule has 29 heavy (non-hydrogen) atoms. The summed E-state index contributed by atoms with van der Waals surface area (Å²) in [6, 6.07) is 14.8. The molecule has 3 aromatic rings. The van der Waals surface area contributed by atoms with Crippen LogP contribution in [0.1, 0.15) is 40.1 Å². The van der Waals surface area contributed by atoms with Gasteiger partial charge in [0, 0.05) is 0 Å². The molecule has 0 atom stereocenters. The van der Waals surface area contributed by atoms with Gasteiger partial charge in [0.05, 0.1) is 32.3 Å². The molecule has 0 saturated carbocycles. The molecule has 0 saturated heterocycles. The number of para-hydroxylation sites is 2. The minimum Gasteiger partial charge on any atom is -0.478 e. The Kier molecular flexibility index (Phi) is 5.70. The fraction of sp³-hybridized carbons (Fsp3) is 0. The van der Waals surface area contributed by atoms with E-state index in [0.29, 0.717) is 0 Å². The summed E-state index contributed by atoms with van der Waals surface area (Å²) in [7, 11) is 0. The summed E-state index contributed by atoms with van der Waals surface area (Å²) in [5.41, 5.74) is 0.167. The maximum absolute atomic E-state index is 12.4. The van der Waals surface area contributed by atoms with Crippen LogP contribution in [0.3, 0.4) is 0 Å². The van der Waals surface area contributed by atoms with Gasteiger partial charge in [-0.25, -0.2) is 9.59 Å². The number of carboxylic acids is 2. The van der Waals surface area contributed by atoms with Crippen molar-refractivity contribution in [1.29, 1.82) is 0 Å². The summed E-state index contributed by atoms with van der Waals surface area (Å²) < 4.78 is 0. The fourth-order valence-electron chi connectivity index (χ4n) is 2.51. The molecule has 0 radical (unpaired) electrons. The number of carbonyl (C=O) groups excluding carboxylic acids is 2. The Bertz CT molecular complexity index is 1040. The molecule has 0 spiro atoms. The van der Waals surface area contributed by atoms with Crippen LogP contribution in [0.5, 0.6) is 0 Å². The third-order valence-corrected chi connectivity index (χ3v) is 4.95. The van der Waals surface area contributed by atoms with E-state index in [-0.39, 0.29) is 32.3 Å². The Morgan fingerprint density at radius 2 is 1.00 bits per heavy atom. The van der Waals surface area contributed by atoms with Crippen LogP contribution in [0.15, 0.2) is 60.7 Å². The van der Waals surface area contributed by atoms with Crippen molar-refractivity contribution in [2.75, 3.05) is 10.6 Å². The van der Waals surface area contributed by atoms with E-state index >= 15 is 0 Å². The smallest absolute Gasteiger partial charge is 0.337 e. The molecule has 146 valence electrons. The second kappa shape index (κ2) is 8.36. The van der Waals surface area contributed by atoms with Gasteiger partial charge in [0.2, 0.25) is 0 Å². The van der Waals surface area contributed by atoms with E-state index in [9.17, 15) is 29.4 Å². The van der Waals surface area contributed by atoms with Gasteiger partial charge in [0.15, 0.2) is 0 Å². The van der Waals surface area contributed by atoms with Gasteiger partial charge in [0.1, 0.15) is 0 Å². The van der Waals surface area contributed by atoms with E-state index in [2.05, 4.69) is 10.6 Å². The second-order valence-electron chi connectivity index (χ2n) is 5.77. The molecule has 1 heterocycles. The van der Waals surface area contributed by atoms with Gasteiger partial charge in [-0.1, -0.05) is 24.3 Å². The van der Waals surface area contributed by atoms with Gasteiger partial charge >= 0.3 is 11.9 Å². The normalized spacial score (nSPS) is 10.2. The van der Waals surface area contributed by atoms with Gasteiger partial charge in [0.25, 0.3) is 11.8 Å². The Morgan fingerprint density at radius 3 is 1.38 bits per heavy atom. The Morgan fingerprint density at radius 1 is 0.621 bits per heavy atom. The van der Waals surface area contributed by atoms with E-state index in [1.54, 1.807) is 24.3 Å². The molecule has 0 aliphatic rings. The molecule has 1 aromatic heterocycles. The van der Waals surface area contributed by atoms with Crippen molar-refractivity contribution >= 4 is 46.5 Å². The highest BCUT2D eigenvalue weighted by atomic mass is 32.1. The number of anilines is 2. The van der Waals surface area contributed by atoms with Crippen LogP contribution < -0.4 is 10.6 Å². The van der Waals surface area contributed by atoms with E-state index in [1.165, 1.54) is 36.4 Å². The van der Waals surface area contributed by atoms with Crippen molar-refractivity contribution in [1.82, 2.24) is 0 Å². The maximum Gasteiger partial charge on any atom is 0.337 e. The number of hydrogen-bond donors (Lipinski definition) is 4. The molecule has 0 aliphatic heterocycles. The molecule has 3 rings (SSSR count). The number of carboxylic acid groups (broad SMARTS) is 2. The number of rotatable bonds is 6. The Balaban J connectivity index is 1.76. The number of benzene rings is 2. The molecule has 0 fully saturated rings. The summed E-state index contributed by atoms with van der Waals surface area (Å²) in [6.45, 7) is 0. The number of amides is 2. The van der Waals surface area contributed by atoms with Crippen LogP contribution in [-0.4, -0.2) is 34.0 Å². The minimum absolute atomic E-state index is 0.0550. The first-order valence-electron chi connectivity index (χ1n) is 8.24. The zero-order valence-electron chi connectivity index (χ0n) is 14.7. The number of thiophene rings is 1. The van der Waals surface area contributed by atoms with Crippen LogP contribution in [0, 0.1) is 0 Å². The third kappa shape index (κ3) is 4.47. The van der Waals surface area contributed by atoms with Crippen molar-refractivity contribution in [3.8, 4) is 0 Å². The first-order chi connectivity index (χ1) is 13.9. The third-order valence-electron chi connectivity index (χ3n) is 3.86. The van der Waals surface area contributed by atoms with Crippen LogP contribution in [-0.2, 0) is 0 Å². The topological polar surface area (TPSA) is 133 Å². The number of hydrogen-bond acceptors (Lipinski definition) is 5. The minimum atomic E-state index is -1.18. The van der Waals surface area contributed by atoms with Gasteiger partial charge in [-0.2, -0.15) is 0 Å². The largest absolute Gasteiger partial charge is 0.478 e. The second-order valence-corrected chi connectivity index (χ2v) is 6.86. The zero-order chi connectivity index (χ0) is 21.0. The Hall–Kier alpha value is -3.98. The van der Waals surface area contributed by atoms with Crippen LogP contribution >= 0.6 is 11.3 Å². The first-order valence-corrected chi connectivity index (χ1v) is 9.05. The lowest BCUT2D eigenvalue weighted by atomic mass is 10.2. The van der Waals surface area contributed by atoms with Crippen LogP contribution in [0.25, 0.3) is 0 Å². The molecule has 9 heteroatoms. The number of aromatic carboxylic acids is 2. The average molecular weight is 410 g/mol. The van der Waals surface area contributed by atoms with Gasteiger partial charge in [-0.3, -0.25) is 9.59 Å². The molecule has 4 N–H and O–H groups in total. The molecule has 2 aromatic carbocycles. The van der Waals surface area contributed by atoms with E-state index < -0.39 is 23.8 Å². The van der Waals surface area contributed by atoms with Crippen molar-refractivity contribution in [3.63, 3.8) is 0 Å². The highest BCUT2D eigenvalue weighted by molar-refractivity contribution is 7.16. The summed E-state index contributed by atoms with van der Waals surface area (Å²) in [5, 5.41) is 23.4.